The highest BCUT2D eigenvalue weighted by Crippen LogP contribution is 2.39. The highest BCUT2D eigenvalue weighted by atomic mass is 35.5. The van der Waals surface area contributed by atoms with Crippen LogP contribution >= 0.6 is 34.8 Å². The zero-order valence-electron chi connectivity index (χ0n) is 8.93. The molecule has 2 rings (SSSR count). The SMILES string of the molecule is CCCC1CC1Nc1nc(Cl)c(Cl)cc1Cl. The lowest BCUT2D eigenvalue weighted by Crippen LogP contribution is -2.07. The van der Waals surface area contributed by atoms with Crippen LogP contribution in [0.1, 0.15) is 26.2 Å². The molecule has 2 atom stereocenters. The molecule has 2 nitrogen and oxygen atoms in total. The van der Waals surface area contributed by atoms with Crippen molar-refractivity contribution in [3.05, 3.63) is 21.3 Å². The van der Waals surface area contributed by atoms with Gasteiger partial charge in [0.25, 0.3) is 0 Å². The summed E-state index contributed by atoms with van der Waals surface area (Å²) in [5.41, 5.74) is 0. The fourth-order valence-electron chi connectivity index (χ4n) is 1.84. The molecule has 0 radical (unpaired) electrons. The van der Waals surface area contributed by atoms with E-state index in [9.17, 15) is 0 Å². The zero-order valence-corrected chi connectivity index (χ0v) is 11.2. The maximum atomic E-state index is 6.03. The summed E-state index contributed by atoms with van der Waals surface area (Å²) in [5, 5.41) is 4.51. The lowest BCUT2D eigenvalue weighted by molar-refractivity contribution is 0.692. The van der Waals surface area contributed by atoms with Gasteiger partial charge >= 0.3 is 0 Å². The van der Waals surface area contributed by atoms with Gasteiger partial charge in [-0.3, -0.25) is 0 Å². The van der Waals surface area contributed by atoms with Gasteiger partial charge in [-0.2, -0.15) is 0 Å². The van der Waals surface area contributed by atoms with Gasteiger partial charge < -0.3 is 5.32 Å². The van der Waals surface area contributed by atoms with E-state index in [0.29, 0.717) is 27.1 Å². The van der Waals surface area contributed by atoms with Crippen molar-refractivity contribution >= 4 is 40.6 Å². The van der Waals surface area contributed by atoms with E-state index in [1.54, 1.807) is 6.07 Å². The number of pyridine rings is 1. The molecule has 1 aliphatic rings. The van der Waals surface area contributed by atoms with E-state index >= 15 is 0 Å². The molecule has 1 aliphatic carbocycles. The van der Waals surface area contributed by atoms with Crippen molar-refractivity contribution in [3.63, 3.8) is 0 Å². The molecular weight excluding hydrogens is 266 g/mol. The van der Waals surface area contributed by atoms with Gasteiger partial charge in [0.15, 0.2) is 0 Å². The highest BCUT2D eigenvalue weighted by Gasteiger charge is 2.36. The van der Waals surface area contributed by atoms with E-state index < -0.39 is 0 Å². The number of nitrogens with zero attached hydrogens (tertiary/aromatic N) is 1. The molecule has 88 valence electrons. The molecular formula is C11H13Cl3N2. The van der Waals surface area contributed by atoms with E-state index in [1.807, 2.05) is 0 Å². The first kappa shape index (κ1) is 12.3. The summed E-state index contributed by atoms with van der Waals surface area (Å²) in [5.74, 6) is 1.39. The van der Waals surface area contributed by atoms with Gasteiger partial charge in [0, 0.05) is 6.04 Å². The third kappa shape index (κ3) is 2.73. The first-order valence-electron chi connectivity index (χ1n) is 5.40. The molecule has 1 aromatic heterocycles. The molecule has 16 heavy (non-hydrogen) atoms. The summed E-state index contributed by atoms with van der Waals surface area (Å²) in [6, 6.07) is 2.11. The summed E-state index contributed by atoms with van der Waals surface area (Å²) < 4.78 is 0. The van der Waals surface area contributed by atoms with Gasteiger partial charge in [-0.25, -0.2) is 4.98 Å². The second kappa shape index (κ2) is 4.99. The molecule has 0 spiro atoms. The third-order valence-electron chi connectivity index (χ3n) is 2.79. The molecule has 0 aliphatic heterocycles. The Morgan fingerprint density at radius 3 is 2.81 bits per heavy atom. The standard InChI is InChI=1S/C11H13Cl3N2/c1-2-3-6-4-9(6)15-11-8(13)5-7(12)10(14)16-11/h5-6,9H,2-4H2,1H3,(H,15,16). The van der Waals surface area contributed by atoms with Crippen LogP contribution in [-0.2, 0) is 0 Å². The molecule has 0 bridgehead atoms. The largest absolute Gasteiger partial charge is 0.366 e. The maximum absolute atomic E-state index is 6.03. The Kier molecular flexibility index (Phi) is 3.83. The van der Waals surface area contributed by atoms with Crippen LogP contribution < -0.4 is 5.32 Å². The van der Waals surface area contributed by atoms with Crippen molar-refractivity contribution in [2.45, 2.75) is 32.2 Å². The smallest absolute Gasteiger partial charge is 0.150 e. The zero-order chi connectivity index (χ0) is 11.7. The van der Waals surface area contributed by atoms with Crippen LogP contribution in [0.4, 0.5) is 5.82 Å². The second-order valence-corrected chi connectivity index (χ2v) is 5.30. The van der Waals surface area contributed by atoms with Gasteiger partial charge in [0.1, 0.15) is 11.0 Å². The van der Waals surface area contributed by atoms with Gasteiger partial charge in [-0.15, -0.1) is 0 Å². The molecule has 1 N–H and O–H groups in total. The van der Waals surface area contributed by atoms with Crippen molar-refractivity contribution in [1.82, 2.24) is 4.98 Å². The fraction of sp³-hybridized carbons (Fsp3) is 0.545. The summed E-state index contributed by atoms with van der Waals surface area (Å²) in [6.45, 7) is 2.19. The summed E-state index contributed by atoms with van der Waals surface area (Å²) >= 11 is 17.7. The van der Waals surface area contributed by atoms with Gasteiger partial charge in [0.05, 0.1) is 10.0 Å². The molecule has 0 aromatic carbocycles. The highest BCUT2D eigenvalue weighted by molar-refractivity contribution is 6.42. The van der Waals surface area contributed by atoms with Crippen LogP contribution in [0.5, 0.6) is 0 Å². The van der Waals surface area contributed by atoms with Gasteiger partial charge in [-0.1, -0.05) is 48.1 Å². The third-order valence-corrected chi connectivity index (χ3v) is 3.75. The minimum atomic E-state index is 0.293. The summed E-state index contributed by atoms with van der Waals surface area (Å²) in [4.78, 5) is 4.14. The molecule has 2 unspecified atom stereocenters. The number of rotatable bonds is 4. The first-order valence-corrected chi connectivity index (χ1v) is 6.53. The van der Waals surface area contributed by atoms with Gasteiger partial charge in [0.2, 0.25) is 0 Å². The average molecular weight is 280 g/mol. The monoisotopic (exact) mass is 278 g/mol. The van der Waals surface area contributed by atoms with Crippen LogP contribution in [0.15, 0.2) is 6.07 Å². The Labute approximate surface area is 110 Å². The molecule has 5 heteroatoms. The molecule has 1 fully saturated rings. The minimum Gasteiger partial charge on any atom is -0.366 e. The summed E-state index contributed by atoms with van der Waals surface area (Å²) in [6.07, 6.45) is 3.65. The van der Waals surface area contributed by atoms with E-state index in [2.05, 4.69) is 17.2 Å². The van der Waals surface area contributed by atoms with Crippen molar-refractivity contribution in [2.75, 3.05) is 5.32 Å². The fourth-order valence-corrected chi connectivity index (χ4v) is 2.39. The number of hydrogen-bond donors (Lipinski definition) is 1. The number of aromatic nitrogens is 1. The predicted molar refractivity (Wildman–Crippen MR) is 69.7 cm³/mol. The number of hydrogen-bond acceptors (Lipinski definition) is 2. The van der Waals surface area contributed by atoms with E-state index in [-0.39, 0.29) is 0 Å². The van der Waals surface area contributed by atoms with Crippen LogP contribution in [0.2, 0.25) is 15.2 Å². The van der Waals surface area contributed by atoms with Crippen molar-refractivity contribution in [3.8, 4) is 0 Å². The first-order chi connectivity index (χ1) is 7.61. The Hall–Kier alpha value is -0.180. The minimum absolute atomic E-state index is 0.293. The Morgan fingerprint density at radius 1 is 1.38 bits per heavy atom. The molecule has 1 saturated carbocycles. The number of nitrogens with one attached hydrogen (secondary N) is 1. The second-order valence-electron chi connectivity index (χ2n) is 4.13. The summed E-state index contributed by atoms with van der Waals surface area (Å²) in [7, 11) is 0. The lowest BCUT2D eigenvalue weighted by Gasteiger charge is -2.08. The van der Waals surface area contributed by atoms with Crippen molar-refractivity contribution in [2.24, 2.45) is 5.92 Å². The van der Waals surface area contributed by atoms with E-state index in [4.69, 9.17) is 34.8 Å². The van der Waals surface area contributed by atoms with Crippen molar-refractivity contribution in [1.29, 1.82) is 0 Å². The van der Waals surface area contributed by atoms with E-state index in [0.717, 1.165) is 5.92 Å². The maximum Gasteiger partial charge on any atom is 0.150 e. The molecule has 0 amide bonds. The van der Waals surface area contributed by atoms with Gasteiger partial charge in [-0.05, 0) is 24.8 Å². The van der Waals surface area contributed by atoms with Crippen LogP contribution in [0.3, 0.4) is 0 Å². The average Bonchev–Trinajstić information content (AvgIpc) is 2.94. The number of anilines is 1. The molecule has 0 saturated heterocycles. The molecule has 1 aromatic rings. The van der Waals surface area contributed by atoms with Crippen molar-refractivity contribution < 1.29 is 0 Å². The topological polar surface area (TPSA) is 24.9 Å². The molecule has 1 heterocycles. The normalized spacial score (nSPS) is 23.2. The predicted octanol–water partition coefficient (Wildman–Crippen LogP) is 4.64. The Balaban J connectivity index is 2.03. The van der Waals surface area contributed by atoms with E-state index in [1.165, 1.54) is 19.3 Å². The lowest BCUT2D eigenvalue weighted by atomic mass is 10.2. The van der Waals surface area contributed by atoms with Crippen LogP contribution in [0, 0.1) is 5.92 Å². The Morgan fingerprint density at radius 2 is 2.12 bits per heavy atom. The van der Waals surface area contributed by atoms with Crippen LogP contribution in [-0.4, -0.2) is 11.0 Å². The number of halogens is 3. The Bertz CT molecular complexity index is 395. The quantitative estimate of drug-likeness (QED) is 0.812. The van der Waals surface area contributed by atoms with Crippen LogP contribution in [0.25, 0.3) is 0 Å².